The molecule has 1 aromatic rings. The number of hydrogen-bond acceptors (Lipinski definition) is 4. The highest BCUT2D eigenvalue weighted by atomic mass is 16.6. The summed E-state index contributed by atoms with van der Waals surface area (Å²) in [4.78, 5) is 14.0. The molecule has 0 radical (unpaired) electrons. The Bertz CT molecular complexity index is 403. The smallest absolute Gasteiger partial charge is 0.338 e. The SMILES string of the molecule is CCN(CC)CCOC(=O)[C@H]1O[C@H]1c1ccccc1. The molecule has 1 aliphatic rings. The van der Waals surface area contributed by atoms with Crippen LogP contribution in [0.3, 0.4) is 0 Å². The van der Waals surface area contributed by atoms with Gasteiger partial charge in [0.15, 0.2) is 6.10 Å². The molecule has 1 fully saturated rings. The predicted molar refractivity (Wildman–Crippen MR) is 72.8 cm³/mol. The molecular formula is C15H21NO3. The molecule has 0 aliphatic carbocycles. The normalized spacial score (nSPS) is 21.4. The summed E-state index contributed by atoms with van der Waals surface area (Å²) in [5.41, 5.74) is 1.04. The number of rotatable bonds is 7. The van der Waals surface area contributed by atoms with Gasteiger partial charge >= 0.3 is 5.97 Å². The standard InChI is InChI=1S/C15H21NO3/c1-3-16(4-2)10-11-18-15(17)14-13(19-14)12-8-6-5-7-9-12/h5-9,13-14H,3-4,10-11H2,1-2H3/t13-,14-/m0/s1. The zero-order valence-corrected chi connectivity index (χ0v) is 11.5. The third-order valence-corrected chi connectivity index (χ3v) is 3.40. The van der Waals surface area contributed by atoms with Gasteiger partial charge in [-0.05, 0) is 18.7 Å². The number of carbonyl (C=O) groups is 1. The number of ether oxygens (including phenoxy) is 2. The molecule has 1 aromatic carbocycles. The zero-order chi connectivity index (χ0) is 13.7. The maximum Gasteiger partial charge on any atom is 0.338 e. The molecule has 0 saturated carbocycles. The quantitative estimate of drug-likeness (QED) is 0.557. The number of nitrogens with zero attached hydrogens (tertiary/aromatic N) is 1. The van der Waals surface area contributed by atoms with Crippen molar-refractivity contribution in [1.82, 2.24) is 4.90 Å². The number of carbonyl (C=O) groups excluding carboxylic acids is 1. The van der Waals surface area contributed by atoms with E-state index in [1.165, 1.54) is 0 Å². The Balaban J connectivity index is 1.71. The second-order valence-corrected chi connectivity index (χ2v) is 4.58. The van der Waals surface area contributed by atoms with E-state index in [0.717, 1.165) is 25.2 Å². The van der Waals surface area contributed by atoms with Gasteiger partial charge in [0.1, 0.15) is 12.7 Å². The van der Waals surface area contributed by atoms with Crippen molar-refractivity contribution in [2.24, 2.45) is 0 Å². The van der Waals surface area contributed by atoms with Crippen molar-refractivity contribution in [3.05, 3.63) is 35.9 Å². The van der Waals surface area contributed by atoms with Crippen molar-refractivity contribution < 1.29 is 14.3 Å². The molecule has 4 nitrogen and oxygen atoms in total. The summed E-state index contributed by atoms with van der Waals surface area (Å²) in [6.07, 6.45) is -0.541. The zero-order valence-electron chi connectivity index (χ0n) is 11.5. The van der Waals surface area contributed by atoms with Gasteiger partial charge in [0.25, 0.3) is 0 Å². The third-order valence-electron chi connectivity index (χ3n) is 3.40. The lowest BCUT2D eigenvalue weighted by Gasteiger charge is -2.17. The van der Waals surface area contributed by atoms with E-state index in [1.54, 1.807) is 0 Å². The number of esters is 1. The Morgan fingerprint density at radius 3 is 2.58 bits per heavy atom. The van der Waals surface area contributed by atoms with Crippen molar-refractivity contribution in [2.45, 2.75) is 26.1 Å². The van der Waals surface area contributed by atoms with Gasteiger partial charge < -0.3 is 14.4 Å². The summed E-state index contributed by atoms with van der Waals surface area (Å²) in [5.74, 6) is -0.249. The summed E-state index contributed by atoms with van der Waals surface area (Å²) >= 11 is 0. The molecule has 1 aliphatic heterocycles. The van der Waals surface area contributed by atoms with Gasteiger partial charge in [-0.15, -0.1) is 0 Å². The Labute approximate surface area is 114 Å². The Morgan fingerprint density at radius 1 is 1.26 bits per heavy atom. The third kappa shape index (κ3) is 3.78. The lowest BCUT2D eigenvalue weighted by Crippen LogP contribution is -2.28. The number of benzene rings is 1. The summed E-state index contributed by atoms with van der Waals surface area (Å²) in [6, 6.07) is 9.77. The molecule has 1 heterocycles. The molecule has 0 bridgehead atoms. The van der Waals surface area contributed by atoms with Gasteiger partial charge in [0.05, 0.1) is 0 Å². The molecule has 104 valence electrons. The maximum absolute atomic E-state index is 11.8. The van der Waals surface area contributed by atoms with Crippen LogP contribution in [0.25, 0.3) is 0 Å². The molecule has 2 rings (SSSR count). The van der Waals surface area contributed by atoms with Crippen LogP contribution in [-0.4, -0.2) is 43.2 Å². The van der Waals surface area contributed by atoms with E-state index in [2.05, 4.69) is 18.7 Å². The van der Waals surface area contributed by atoms with Gasteiger partial charge in [0.2, 0.25) is 0 Å². The molecule has 0 unspecified atom stereocenters. The summed E-state index contributed by atoms with van der Waals surface area (Å²) in [7, 11) is 0. The van der Waals surface area contributed by atoms with Crippen molar-refractivity contribution in [3.63, 3.8) is 0 Å². The van der Waals surface area contributed by atoms with E-state index in [-0.39, 0.29) is 12.1 Å². The highest BCUT2D eigenvalue weighted by Gasteiger charge is 2.47. The van der Waals surface area contributed by atoms with E-state index in [9.17, 15) is 4.79 Å². The first-order valence-electron chi connectivity index (χ1n) is 6.85. The highest BCUT2D eigenvalue weighted by Crippen LogP contribution is 2.39. The van der Waals surface area contributed by atoms with Gasteiger partial charge in [-0.1, -0.05) is 44.2 Å². The Kier molecular flexibility index (Phi) is 4.93. The van der Waals surface area contributed by atoms with Crippen molar-refractivity contribution >= 4 is 5.97 Å². The maximum atomic E-state index is 11.8. The first kappa shape index (κ1) is 14.0. The minimum atomic E-state index is -0.417. The van der Waals surface area contributed by atoms with Gasteiger partial charge in [0, 0.05) is 6.54 Å². The fourth-order valence-corrected chi connectivity index (χ4v) is 2.09. The Morgan fingerprint density at radius 2 is 1.95 bits per heavy atom. The van der Waals surface area contributed by atoms with Crippen LogP contribution in [0.1, 0.15) is 25.5 Å². The first-order valence-corrected chi connectivity index (χ1v) is 6.85. The van der Waals surface area contributed by atoms with E-state index in [1.807, 2.05) is 30.3 Å². The van der Waals surface area contributed by atoms with Gasteiger partial charge in [-0.2, -0.15) is 0 Å². The van der Waals surface area contributed by atoms with Crippen molar-refractivity contribution in [2.75, 3.05) is 26.2 Å². The van der Waals surface area contributed by atoms with E-state index in [0.29, 0.717) is 6.61 Å². The summed E-state index contributed by atoms with van der Waals surface area (Å²) in [6.45, 7) is 7.35. The molecule has 2 atom stereocenters. The highest BCUT2D eigenvalue weighted by molar-refractivity contribution is 5.78. The van der Waals surface area contributed by atoms with Crippen LogP contribution < -0.4 is 0 Å². The van der Waals surface area contributed by atoms with E-state index >= 15 is 0 Å². The fraction of sp³-hybridized carbons (Fsp3) is 0.533. The topological polar surface area (TPSA) is 42.1 Å². The molecule has 0 aromatic heterocycles. The summed E-state index contributed by atoms with van der Waals surface area (Å²) in [5, 5.41) is 0. The average Bonchev–Trinajstić information content (AvgIpc) is 3.25. The first-order chi connectivity index (χ1) is 9.26. The lowest BCUT2D eigenvalue weighted by molar-refractivity contribution is -0.145. The lowest BCUT2D eigenvalue weighted by atomic mass is 10.1. The number of likely N-dealkylation sites (N-methyl/N-ethyl adjacent to an activating group) is 1. The molecule has 1 saturated heterocycles. The molecule has 19 heavy (non-hydrogen) atoms. The molecular weight excluding hydrogens is 242 g/mol. The van der Waals surface area contributed by atoms with Crippen LogP contribution in [0, 0.1) is 0 Å². The van der Waals surface area contributed by atoms with Gasteiger partial charge in [-0.3, -0.25) is 0 Å². The van der Waals surface area contributed by atoms with Crippen molar-refractivity contribution in [3.8, 4) is 0 Å². The van der Waals surface area contributed by atoms with Gasteiger partial charge in [-0.25, -0.2) is 4.79 Å². The fourth-order valence-electron chi connectivity index (χ4n) is 2.09. The minimum Gasteiger partial charge on any atom is -0.462 e. The second kappa shape index (κ2) is 6.68. The number of hydrogen-bond donors (Lipinski definition) is 0. The molecule has 4 heteroatoms. The van der Waals surface area contributed by atoms with Crippen LogP contribution in [0.15, 0.2) is 30.3 Å². The predicted octanol–water partition coefficient (Wildman–Crippen LogP) is 2.01. The van der Waals surface area contributed by atoms with E-state index in [4.69, 9.17) is 9.47 Å². The molecule has 0 spiro atoms. The van der Waals surface area contributed by atoms with Crippen LogP contribution in [0.4, 0.5) is 0 Å². The molecule has 0 amide bonds. The van der Waals surface area contributed by atoms with Crippen LogP contribution in [0.2, 0.25) is 0 Å². The summed E-state index contributed by atoms with van der Waals surface area (Å²) < 4.78 is 10.6. The number of epoxide rings is 1. The van der Waals surface area contributed by atoms with Crippen molar-refractivity contribution in [1.29, 1.82) is 0 Å². The average molecular weight is 263 g/mol. The molecule has 0 N–H and O–H groups in total. The van der Waals surface area contributed by atoms with Crippen LogP contribution >= 0.6 is 0 Å². The minimum absolute atomic E-state index is 0.123. The van der Waals surface area contributed by atoms with E-state index < -0.39 is 6.10 Å². The second-order valence-electron chi connectivity index (χ2n) is 4.58. The monoisotopic (exact) mass is 263 g/mol. The Hall–Kier alpha value is -1.39. The van der Waals surface area contributed by atoms with Crippen LogP contribution in [0.5, 0.6) is 0 Å². The van der Waals surface area contributed by atoms with Crippen LogP contribution in [-0.2, 0) is 14.3 Å². The largest absolute Gasteiger partial charge is 0.462 e.